The van der Waals surface area contributed by atoms with Gasteiger partial charge in [0.05, 0.1) is 5.69 Å². The third kappa shape index (κ3) is 1.74. The average Bonchev–Trinajstić information content (AvgIpc) is 2.62. The van der Waals surface area contributed by atoms with Crippen molar-refractivity contribution in [3.8, 4) is 0 Å². The van der Waals surface area contributed by atoms with Crippen LogP contribution in [0.3, 0.4) is 0 Å². The summed E-state index contributed by atoms with van der Waals surface area (Å²) in [6.07, 6.45) is 1.88. The Morgan fingerprint density at radius 3 is 2.85 bits per heavy atom. The predicted octanol–water partition coefficient (Wildman–Crippen LogP) is 0.931. The summed E-state index contributed by atoms with van der Waals surface area (Å²) in [5.41, 5.74) is 0.983. The molecule has 2 aromatic heterocycles. The number of nitrogens with zero attached hydrogens (tertiary/aromatic N) is 4. The van der Waals surface area contributed by atoms with Crippen LogP contribution >= 0.6 is 0 Å². The molecule has 0 saturated heterocycles. The number of aryl methyl sites for hydroxylation is 2. The summed E-state index contributed by atoms with van der Waals surface area (Å²) in [6.45, 7) is 4.27. The Balaban J connectivity index is 2.14. The van der Waals surface area contributed by atoms with Gasteiger partial charge in [-0.2, -0.15) is 10.1 Å². The lowest BCUT2D eigenvalue weighted by atomic mass is 10.5. The average molecular weight is 178 g/mol. The summed E-state index contributed by atoms with van der Waals surface area (Å²) in [5.74, 6) is 1.24. The molecule has 0 amide bonds. The van der Waals surface area contributed by atoms with Crippen molar-refractivity contribution >= 4 is 0 Å². The van der Waals surface area contributed by atoms with E-state index in [0.717, 1.165) is 5.69 Å². The molecule has 68 valence electrons. The van der Waals surface area contributed by atoms with Crippen molar-refractivity contribution in [2.45, 2.75) is 20.4 Å². The SMILES string of the molecule is Cc1ccn(Cc2nc(C)no2)n1. The van der Waals surface area contributed by atoms with Gasteiger partial charge in [-0.3, -0.25) is 4.68 Å². The molecule has 0 saturated carbocycles. The lowest BCUT2D eigenvalue weighted by Gasteiger charge is -1.93. The molecule has 2 rings (SSSR count). The zero-order valence-electron chi connectivity index (χ0n) is 7.56. The molecule has 0 unspecified atom stereocenters. The molecular formula is C8H10N4O. The number of rotatable bonds is 2. The standard InChI is InChI=1S/C8H10N4O/c1-6-3-4-12(10-6)5-8-9-7(2)11-13-8/h3-4H,5H2,1-2H3. The summed E-state index contributed by atoms with van der Waals surface area (Å²) in [7, 11) is 0. The lowest BCUT2D eigenvalue weighted by Crippen LogP contribution is -2.00. The highest BCUT2D eigenvalue weighted by molar-refractivity contribution is 4.96. The first-order valence-electron chi connectivity index (χ1n) is 4.03. The molecule has 0 radical (unpaired) electrons. The van der Waals surface area contributed by atoms with E-state index in [1.54, 1.807) is 11.6 Å². The van der Waals surface area contributed by atoms with Crippen molar-refractivity contribution in [1.82, 2.24) is 19.9 Å². The fourth-order valence-corrected chi connectivity index (χ4v) is 1.09. The molecule has 0 bridgehead atoms. The minimum atomic E-state index is 0.536. The second-order valence-electron chi connectivity index (χ2n) is 2.89. The molecule has 0 aliphatic heterocycles. The van der Waals surface area contributed by atoms with Crippen LogP contribution in [0.1, 0.15) is 17.4 Å². The predicted molar refractivity (Wildman–Crippen MR) is 45.1 cm³/mol. The van der Waals surface area contributed by atoms with E-state index >= 15 is 0 Å². The van der Waals surface area contributed by atoms with Crippen LogP contribution in [-0.4, -0.2) is 19.9 Å². The van der Waals surface area contributed by atoms with E-state index in [1.165, 1.54) is 0 Å². The number of hydrogen-bond acceptors (Lipinski definition) is 4. The van der Waals surface area contributed by atoms with Crippen LogP contribution in [0.4, 0.5) is 0 Å². The topological polar surface area (TPSA) is 56.7 Å². The van der Waals surface area contributed by atoms with E-state index < -0.39 is 0 Å². The van der Waals surface area contributed by atoms with Crippen molar-refractivity contribution in [3.63, 3.8) is 0 Å². The van der Waals surface area contributed by atoms with Crippen molar-refractivity contribution in [2.24, 2.45) is 0 Å². The highest BCUT2D eigenvalue weighted by Crippen LogP contribution is 2.00. The van der Waals surface area contributed by atoms with Gasteiger partial charge in [-0.05, 0) is 19.9 Å². The molecule has 0 aliphatic rings. The molecule has 0 atom stereocenters. The van der Waals surface area contributed by atoms with Crippen LogP contribution in [0.5, 0.6) is 0 Å². The second-order valence-corrected chi connectivity index (χ2v) is 2.89. The first-order valence-corrected chi connectivity index (χ1v) is 4.03. The van der Waals surface area contributed by atoms with Crippen molar-refractivity contribution in [1.29, 1.82) is 0 Å². The number of hydrogen-bond donors (Lipinski definition) is 0. The second kappa shape index (κ2) is 3.01. The van der Waals surface area contributed by atoms with Crippen molar-refractivity contribution < 1.29 is 4.52 Å². The van der Waals surface area contributed by atoms with Crippen LogP contribution in [0.25, 0.3) is 0 Å². The quantitative estimate of drug-likeness (QED) is 0.686. The molecular weight excluding hydrogens is 168 g/mol. The minimum absolute atomic E-state index is 0.536. The molecule has 0 fully saturated rings. The Bertz CT molecular complexity index is 365. The zero-order chi connectivity index (χ0) is 9.26. The third-order valence-corrected chi connectivity index (χ3v) is 1.64. The maximum Gasteiger partial charge on any atom is 0.248 e. The zero-order valence-corrected chi connectivity index (χ0v) is 7.56. The van der Waals surface area contributed by atoms with Crippen LogP contribution in [-0.2, 0) is 6.54 Å². The van der Waals surface area contributed by atoms with Gasteiger partial charge in [0.1, 0.15) is 6.54 Å². The maximum atomic E-state index is 4.96. The van der Waals surface area contributed by atoms with Gasteiger partial charge in [0, 0.05) is 6.20 Å². The Morgan fingerprint density at radius 1 is 1.46 bits per heavy atom. The van der Waals surface area contributed by atoms with E-state index in [1.807, 2.05) is 19.2 Å². The maximum absolute atomic E-state index is 4.96. The van der Waals surface area contributed by atoms with Crippen LogP contribution in [0.2, 0.25) is 0 Å². The summed E-state index contributed by atoms with van der Waals surface area (Å²) >= 11 is 0. The summed E-state index contributed by atoms with van der Waals surface area (Å²) in [4.78, 5) is 4.08. The molecule has 0 N–H and O–H groups in total. The Morgan fingerprint density at radius 2 is 2.31 bits per heavy atom. The largest absolute Gasteiger partial charge is 0.337 e. The Kier molecular flexibility index (Phi) is 1.84. The van der Waals surface area contributed by atoms with Gasteiger partial charge in [0.2, 0.25) is 5.89 Å². The number of aromatic nitrogens is 4. The molecule has 5 heteroatoms. The van der Waals surface area contributed by atoms with Gasteiger partial charge >= 0.3 is 0 Å². The first kappa shape index (κ1) is 7.97. The molecule has 13 heavy (non-hydrogen) atoms. The highest BCUT2D eigenvalue weighted by atomic mass is 16.5. The molecule has 2 aromatic rings. The fraction of sp³-hybridized carbons (Fsp3) is 0.375. The smallest absolute Gasteiger partial charge is 0.248 e. The van der Waals surface area contributed by atoms with Gasteiger partial charge in [-0.15, -0.1) is 0 Å². The van der Waals surface area contributed by atoms with E-state index in [4.69, 9.17) is 4.52 Å². The molecule has 2 heterocycles. The van der Waals surface area contributed by atoms with Crippen molar-refractivity contribution in [3.05, 3.63) is 29.7 Å². The van der Waals surface area contributed by atoms with Gasteiger partial charge in [0.15, 0.2) is 5.82 Å². The van der Waals surface area contributed by atoms with Crippen LogP contribution < -0.4 is 0 Å². The summed E-state index contributed by atoms with van der Waals surface area (Å²) in [5, 5.41) is 7.90. The van der Waals surface area contributed by atoms with E-state index in [0.29, 0.717) is 18.3 Å². The molecule has 0 spiro atoms. The monoisotopic (exact) mass is 178 g/mol. The molecule has 5 nitrogen and oxygen atoms in total. The van der Waals surface area contributed by atoms with Gasteiger partial charge < -0.3 is 4.52 Å². The van der Waals surface area contributed by atoms with E-state index in [-0.39, 0.29) is 0 Å². The van der Waals surface area contributed by atoms with E-state index in [2.05, 4.69) is 15.2 Å². The Hall–Kier alpha value is -1.65. The van der Waals surface area contributed by atoms with Gasteiger partial charge in [-0.25, -0.2) is 0 Å². The third-order valence-electron chi connectivity index (χ3n) is 1.64. The van der Waals surface area contributed by atoms with Crippen LogP contribution in [0.15, 0.2) is 16.8 Å². The van der Waals surface area contributed by atoms with Gasteiger partial charge in [0.25, 0.3) is 0 Å². The normalized spacial score (nSPS) is 10.6. The van der Waals surface area contributed by atoms with E-state index in [9.17, 15) is 0 Å². The van der Waals surface area contributed by atoms with Crippen LogP contribution in [0, 0.1) is 13.8 Å². The highest BCUT2D eigenvalue weighted by Gasteiger charge is 2.03. The minimum Gasteiger partial charge on any atom is -0.337 e. The van der Waals surface area contributed by atoms with Crippen molar-refractivity contribution in [2.75, 3.05) is 0 Å². The fourth-order valence-electron chi connectivity index (χ4n) is 1.09. The first-order chi connectivity index (χ1) is 6.24. The summed E-state index contributed by atoms with van der Waals surface area (Å²) < 4.78 is 6.72. The lowest BCUT2D eigenvalue weighted by molar-refractivity contribution is 0.362. The Labute approximate surface area is 75.4 Å². The van der Waals surface area contributed by atoms with Gasteiger partial charge in [-0.1, -0.05) is 5.16 Å². The molecule has 0 aromatic carbocycles. The molecule has 0 aliphatic carbocycles. The summed E-state index contributed by atoms with van der Waals surface area (Å²) in [6, 6.07) is 1.93.